The Bertz CT molecular complexity index is 402. The van der Waals surface area contributed by atoms with Gasteiger partial charge in [-0.1, -0.05) is 30.3 Å². The number of hydrogen-bond acceptors (Lipinski definition) is 3. The highest BCUT2D eigenvalue weighted by atomic mass is 16.5. The SMILES string of the molecule is N=CC[C@H](OCc1ccccc1)C1CCC(=O)C1. The fourth-order valence-electron chi connectivity index (χ4n) is 2.45. The lowest BCUT2D eigenvalue weighted by atomic mass is 9.98. The van der Waals surface area contributed by atoms with Crippen LogP contribution in [0.4, 0.5) is 0 Å². The number of ketones is 1. The molecule has 0 aliphatic heterocycles. The summed E-state index contributed by atoms with van der Waals surface area (Å²) in [6.07, 6.45) is 4.20. The summed E-state index contributed by atoms with van der Waals surface area (Å²) in [4.78, 5) is 11.3. The van der Waals surface area contributed by atoms with Crippen molar-refractivity contribution in [3.63, 3.8) is 0 Å². The van der Waals surface area contributed by atoms with Gasteiger partial charge in [0.15, 0.2) is 0 Å². The van der Waals surface area contributed by atoms with Gasteiger partial charge in [0, 0.05) is 19.3 Å². The fourth-order valence-corrected chi connectivity index (χ4v) is 2.45. The molecule has 18 heavy (non-hydrogen) atoms. The summed E-state index contributed by atoms with van der Waals surface area (Å²) < 4.78 is 5.90. The zero-order chi connectivity index (χ0) is 12.8. The predicted molar refractivity (Wildman–Crippen MR) is 70.8 cm³/mol. The summed E-state index contributed by atoms with van der Waals surface area (Å²) in [5, 5.41) is 7.24. The Balaban J connectivity index is 1.90. The molecule has 2 atom stereocenters. The first-order valence-electron chi connectivity index (χ1n) is 6.45. The Morgan fingerprint density at radius 1 is 1.39 bits per heavy atom. The lowest BCUT2D eigenvalue weighted by molar-refractivity contribution is -0.118. The van der Waals surface area contributed by atoms with Crippen LogP contribution >= 0.6 is 0 Å². The molecule has 2 rings (SSSR count). The lowest BCUT2D eigenvalue weighted by Crippen LogP contribution is -2.23. The van der Waals surface area contributed by atoms with Crippen LogP contribution in [-0.4, -0.2) is 18.1 Å². The molecule has 0 heterocycles. The summed E-state index contributed by atoms with van der Waals surface area (Å²) >= 11 is 0. The maximum absolute atomic E-state index is 11.3. The maximum atomic E-state index is 11.3. The van der Waals surface area contributed by atoms with Crippen molar-refractivity contribution in [3.8, 4) is 0 Å². The van der Waals surface area contributed by atoms with E-state index in [1.807, 2.05) is 30.3 Å². The molecule has 96 valence electrons. The molecule has 1 aliphatic rings. The molecule has 0 radical (unpaired) electrons. The number of ether oxygens (including phenoxy) is 1. The predicted octanol–water partition coefficient (Wildman–Crippen LogP) is 2.98. The van der Waals surface area contributed by atoms with Crippen molar-refractivity contribution in [3.05, 3.63) is 35.9 Å². The minimum Gasteiger partial charge on any atom is -0.373 e. The molecule has 1 fully saturated rings. The van der Waals surface area contributed by atoms with Crippen LogP contribution in [0.1, 0.15) is 31.2 Å². The highest BCUT2D eigenvalue weighted by molar-refractivity contribution is 5.80. The molecule has 1 aromatic rings. The Labute approximate surface area is 108 Å². The van der Waals surface area contributed by atoms with Gasteiger partial charge in [0.25, 0.3) is 0 Å². The van der Waals surface area contributed by atoms with Crippen molar-refractivity contribution in [1.82, 2.24) is 0 Å². The molecule has 0 saturated heterocycles. The first kappa shape index (κ1) is 13.0. The molecule has 3 nitrogen and oxygen atoms in total. The van der Waals surface area contributed by atoms with E-state index in [0.717, 1.165) is 12.0 Å². The number of rotatable bonds is 6. The Hall–Kier alpha value is -1.48. The van der Waals surface area contributed by atoms with Crippen molar-refractivity contribution < 1.29 is 9.53 Å². The fraction of sp³-hybridized carbons (Fsp3) is 0.467. The van der Waals surface area contributed by atoms with Gasteiger partial charge in [-0.15, -0.1) is 0 Å². The minimum absolute atomic E-state index is 0.00848. The van der Waals surface area contributed by atoms with Crippen molar-refractivity contribution in [2.45, 2.75) is 38.4 Å². The van der Waals surface area contributed by atoms with Crippen LogP contribution in [0.25, 0.3) is 0 Å². The molecule has 1 aliphatic carbocycles. The van der Waals surface area contributed by atoms with Crippen LogP contribution in [0.2, 0.25) is 0 Å². The van der Waals surface area contributed by atoms with E-state index in [2.05, 4.69) is 0 Å². The monoisotopic (exact) mass is 245 g/mol. The van der Waals surface area contributed by atoms with E-state index < -0.39 is 0 Å². The molecule has 1 unspecified atom stereocenters. The normalized spacial score (nSPS) is 20.9. The molecule has 0 aromatic heterocycles. The minimum atomic E-state index is 0.00848. The second-order valence-electron chi connectivity index (χ2n) is 4.82. The summed E-state index contributed by atoms with van der Waals surface area (Å²) in [6, 6.07) is 10.0. The van der Waals surface area contributed by atoms with Gasteiger partial charge in [-0.2, -0.15) is 0 Å². The average molecular weight is 245 g/mol. The van der Waals surface area contributed by atoms with Crippen LogP contribution in [0.5, 0.6) is 0 Å². The first-order valence-corrected chi connectivity index (χ1v) is 6.45. The van der Waals surface area contributed by atoms with Gasteiger partial charge < -0.3 is 10.1 Å². The molecule has 1 N–H and O–H groups in total. The zero-order valence-electron chi connectivity index (χ0n) is 10.5. The van der Waals surface area contributed by atoms with Crippen LogP contribution < -0.4 is 0 Å². The van der Waals surface area contributed by atoms with Crippen LogP contribution in [0.15, 0.2) is 30.3 Å². The van der Waals surface area contributed by atoms with E-state index in [-0.39, 0.29) is 6.10 Å². The summed E-state index contributed by atoms with van der Waals surface area (Å²) in [7, 11) is 0. The van der Waals surface area contributed by atoms with Gasteiger partial charge in [-0.3, -0.25) is 4.79 Å². The van der Waals surface area contributed by atoms with Gasteiger partial charge in [-0.05, 0) is 24.1 Å². The molecule has 0 bridgehead atoms. The second kappa shape index (κ2) is 6.45. The third kappa shape index (κ3) is 3.50. The molecule has 1 aromatic carbocycles. The number of Topliss-reactive ketones (excluding diaryl/α,β-unsaturated/α-hetero) is 1. The smallest absolute Gasteiger partial charge is 0.133 e. The van der Waals surface area contributed by atoms with Crippen LogP contribution in [0.3, 0.4) is 0 Å². The first-order chi connectivity index (χ1) is 8.79. The van der Waals surface area contributed by atoms with Gasteiger partial charge >= 0.3 is 0 Å². The average Bonchev–Trinajstić information content (AvgIpc) is 2.82. The largest absolute Gasteiger partial charge is 0.373 e. The van der Waals surface area contributed by atoms with Gasteiger partial charge in [0.05, 0.1) is 12.7 Å². The topological polar surface area (TPSA) is 50.1 Å². The highest BCUT2D eigenvalue weighted by Gasteiger charge is 2.29. The third-order valence-electron chi connectivity index (χ3n) is 3.47. The van der Waals surface area contributed by atoms with Crippen molar-refractivity contribution >= 4 is 12.0 Å². The van der Waals surface area contributed by atoms with E-state index in [1.165, 1.54) is 6.21 Å². The van der Waals surface area contributed by atoms with E-state index >= 15 is 0 Å². The van der Waals surface area contributed by atoms with Crippen molar-refractivity contribution in [1.29, 1.82) is 5.41 Å². The van der Waals surface area contributed by atoms with Crippen LogP contribution in [0, 0.1) is 11.3 Å². The Morgan fingerprint density at radius 2 is 2.17 bits per heavy atom. The number of nitrogens with one attached hydrogen (secondary N) is 1. The molecule has 0 spiro atoms. The number of hydrogen-bond donors (Lipinski definition) is 1. The molecule has 1 saturated carbocycles. The Morgan fingerprint density at radius 3 is 2.78 bits per heavy atom. The zero-order valence-corrected chi connectivity index (χ0v) is 10.5. The van der Waals surface area contributed by atoms with Crippen molar-refractivity contribution in [2.75, 3.05) is 0 Å². The van der Waals surface area contributed by atoms with Crippen molar-refractivity contribution in [2.24, 2.45) is 5.92 Å². The van der Waals surface area contributed by atoms with Crippen LogP contribution in [-0.2, 0) is 16.1 Å². The molecule has 3 heteroatoms. The van der Waals surface area contributed by atoms with Gasteiger partial charge in [0.2, 0.25) is 0 Å². The standard InChI is InChI=1S/C15H19NO2/c16-9-8-15(13-6-7-14(17)10-13)18-11-12-4-2-1-3-5-12/h1-5,9,13,15-16H,6-8,10-11H2/t13?,15-/m0/s1. The number of carbonyl (C=O) groups excluding carboxylic acids is 1. The maximum Gasteiger partial charge on any atom is 0.133 e. The Kier molecular flexibility index (Phi) is 4.65. The highest BCUT2D eigenvalue weighted by Crippen LogP contribution is 2.28. The number of carbonyl (C=O) groups is 1. The third-order valence-corrected chi connectivity index (χ3v) is 3.47. The quantitative estimate of drug-likeness (QED) is 0.783. The van der Waals surface area contributed by atoms with E-state index in [0.29, 0.717) is 37.6 Å². The van der Waals surface area contributed by atoms with Gasteiger partial charge in [0.1, 0.15) is 5.78 Å². The molecule has 0 amide bonds. The molecular weight excluding hydrogens is 226 g/mol. The lowest BCUT2D eigenvalue weighted by Gasteiger charge is -2.21. The summed E-state index contributed by atoms with van der Waals surface area (Å²) in [6.45, 7) is 0.560. The summed E-state index contributed by atoms with van der Waals surface area (Å²) in [5.74, 6) is 0.626. The van der Waals surface area contributed by atoms with E-state index in [9.17, 15) is 4.79 Å². The molecular formula is C15H19NO2. The summed E-state index contributed by atoms with van der Waals surface area (Å²) in [5.41, 5.74) is 1.14. The van der Waals surface area contributed by atoms with E-state index in [1.54, 1.807) is 0 Å². The number of benzene rings is 1. The van der Waals surface area contributed by atoms with Gasteiger partial charge in [-0.25, -0.2) is 0 Å². The second-order valence-corrected chi connectivity index (χ2v) is 4.82. The van der Waals surface area contributed by atoms with E-state index in [4.69, 9.17) is 10.1 Å².